The number of nitrogens with two attached hydrogens (primary N) is 1. The zero-order valence-corrected chi connectivity index (χ0v) is 12.3. The predicted octanol–water partition coefficient (Wildman–Crippen LogP) is 1.16. The van der Waals surface area contributed by atoms with E-state index in [0.717, 1.165) is 12.0 Å². The summed E-state index contributed by atoms with van der Waals surface area (Å²) in [5, 5.41) is 11.7. The molecule has 2 unspecified atom stereocenters. The number of carbonyl (C=O) groups excluding carboxylic acids is 1. The van der Waals surface area contributed by atoms with Crippen molar-refractivity contribution < 1.29 is 14.7 Å². The summed E-state index contributed by atoms with van der Waals surface area (Å²) in [5.74, 6) is 0.302. The quantitative estimate of drug-likeness (QED) is 0.377. The average molecular weight is 291 g/mol. The Morgan fingerprint density at radius 1 is 1.57 bits per heavy atom. The number of rotatable bonds is 4. The van der Waals surface area contributed by atoms with Crippen molar-refractivity contribution in [1.29, 1.82) is 0 Å². The van der Waals surface area contributed by atoms with Gasteiger partial charge in [0.15, 0.2) is 5.84 Å². The van der Waals surface area contributed by atoms with Crippen molar-refractivity contribution in [1.82, 2.24) is 4.90 Å². The smallest absolute Gasteiger partial charge is 0.252 e. The van der Waals surface area contributed by atoms with Crippen molar-refractivity contribution in [3.05, 3.63) is 35.4 Å². The first-order valence-corrected chi connectivity index (χ1v) is 6.96. The summed E-state index contributed by atoms with van der Waals surface area (Å²) < 4.78 is 5.50. The van der Waals surface area contributed by atoms with Crippen LogP contribution in [0.2, 0.25) is 0 Å². The molecule has 1 amide bonds. The van der Waals surface area contributed by atoms with Crippen LogP contribution in [0.15, 0.2) is 29.4 Å². The number of benzene rings is 1. The minimum absolute atomic E-state index is 0.00537. The standard InChI is InChI=1S/C15H21N3O3/c1-10-6-7-21-13(10)15(19)18(2)9-11-4-3-5-12(8-11)14(16)17-20/h3-5,8,10,13,20H,6-7,9H2,1-2H3,(H2,16,17). The van der Waals surface area contributed by atoms with Gasteiger partial charge in [0.05, 0.1) is 0 Å². The molecule has 0 spiro atoms. The lowest BCUT2D eigenvalue weighted by Gasteiger charge is -2.23. The minimum atomic E-state index is -0.345. The Labute approximate surface area is 124 Å². The molecule has 3 N–H and O–H groups in total. The van der Waals surface area contributed by atoms with Crippen molar-refractivity contribution in [3.63, 3.8) is 0 Å². The largest absolute Gasteiger partial charge is 0.409 e. The van der Waals surface area contributed by atoms with Gasteiger partial charge in [-0.25, -0.2) is 0 Å². The molecule has 2 atom stereocenters. The number of carbonyl (C=O) groups is 1. The van der Waals surface area contributed by atoms with Gasteiger partial charge < -0.3 is 20.6 Å². The lowest BCUT2D eigenvalue weighted by Crippen LogP contribution is -2.38. The van der Waals surface area contributed by atoms with E-state index >= 15 is 0 Å². The maximum absolute atomic E-state index is 12.3. The Balaban J connectivity index is 2.05. The summed E-state index contributed by atoms with van der Waals surface area (Å²) in [7, 11) is 1.76. The second kappa shape index (κ2) is 6.58. The van der Waals surface area contributed by atoms with Crippen molar-refractivity contribution >= 4 is 11.7 Å². The van der Waals surface area contributed by atoms with E-state index < -0.39 is 0 Å². The molecule has 1 saturated heterocycles. The molecule has 114 valence electrons. The van der Waals surface area contributed by atoms with Gasteiger partial charge in [-0.15, -0.1) is 0 Å². The molecule has 0 radical (unpaired) electrons. The van der Waals surface area contributed by atoms with E-state index in [1.807, 2.05) is 19.1 Å². The van der Waals surface area contributed by atoms with Gasteiger partial charge in [0.25, 0.3) is 5.91 Å². The fraction of sp³-hybridized carbons (Fsp3) is 0.467. The molecular weight excluding hydrogens is 270 g/mol. The zero-order chi connectivity index (χ0) is 15.4. The van der Waals surface area contributed by atoms with Crippen LogP contribution in [-0.2, 0) is 16.1 Å². The van der Waals surface area contributed by atoms with Crippen molar-refractivity contribution in [3.8, 4) is 0 Å². The fourth-order valence-corrected chi connectivity index (χ4v) is 2.47. The highest BCUT2D eigenvalue weighted by atomic mass is 16.5. The molecule has 1 heterocycles. The second-order valence-electron chi connectivity index (χ2n) is 5.44. The van der Waals surface area contributed by atoms with Crippen molar-refractivity contribution in [2.75, 3.05) is 13.7 Å². The van der Waals surface area contributed by atoms with Gasteiger partial charge in [0.2, 0.25) is 0 Å². The normalized spacial score (nSPS) is 22.3. The van der Waals surface area contributed by atoms with E-state index in [0.29, 0.717) is 18.7 Å². The highest BCUT2D eigenvalue weighted by Gasteiger charge is 2.32. The lowest BCUT2D eigenvalue weighted by molar-refractivity contribution is -0.141. The third-order valence-electron chi connectivity index (χ3n) is 3.76. The van der Waals surface area contributed by atoms with Crippen molar-refractivity contribution in [2.24, 2.45) is 16.8 Å². The van der Waals surface area contributed by atoms with E-state index in [1.165, 1.54) is 0 Å². The van der Waals surface area contributed by atoms with Crippen LogP contribution in [0.1, 0.15) is 24.5 Å². The average Bonchev–Trinajstić information content (AvgIpc) is 2.92. The van der Waals surface area contributed by atoms with E-state index in [-0.39, 0.29) is 23.8 Å². The van der Waals surface area contributed by atoms with Crippen LogP contribution in [0.5, 0.6) is 0 Å². The van der Waals surface area contributed by atoms with Gasteiger partial charge in [-0.2, -0.15) is 0 Å². The first-order valence-electron chi connectivity index (χ1n) is 6.96. The molecule has 0 bridgehead atoms. The molecule has 0 saturated carbocycles. The summed E-state index contributed by atoms with van der Waals surface area (Å²) in [6.45, 7) is 3.13. The summed E-state index contributed by atoms with van der Waals surface area (Å²) in [6, 6.07) is 7.27. The number of likely N-dealkylation sites (N-methyl/N-ethyl adjacent to an activating group) is 1. The van der Waals surface area contributed by atoms with E-state index in [4.69, 9.17) is 15.7 Å². The van der Waals surface area contributed by atoms with Gasteiger partial charge in [0.1, 0.15) is 6.10 Å². The fourth-order valence-electron chi connectivity index (χ4n) is 2.47. The number of hydrogen-bond acceptors (Lipinski definition) is 4. The Hall–Kier alpha value is -2.08. The van der Waals surface area contributed by atoms with E-state index in [1.54, 1.807) is 24.1 Å². The summed E-state index contributed by atoms with van der Waals surface area (Å²) in [5.41, 5.74) is 7.11. The Morgan fingerprint density at radius 3 is 2.95 bits per heavy atom. The van der Waals surface area contributed by atoms with E-state index in [2.05, 4.69) is 5.16 Å². The summed E-state index contributed by atoms with van der Waals surface area (Å²) in [4.78, 5) is 14.0. The molecule has 2 rings (SSSR count). The number of nitrogens with zero attached hydrogens (tertiary/aromatic N) is 2. The molecule has 6 nitrogen and oxygen atoms in total. The van der Waals surface area contributed by atoms with E-state index in [9.17, 15) is 4.79 Å². The highest BCUT2D eigenvalue weighted by molar-refractivity contribution is 5.97. The second-order valence-corrected chi connectivity index (χ2v) is 5.44. The van der Waals surface area contributed by atoms with Crippen LogP contribution >= 0.6 is 0 Å². The third-order valence-corrected chi connectivity index (χ3v) is 3.76. The topological polar surface area (TPSA) is 88.2 Å². The molecule has 6 heteroatoms. The molecule has 0 aliphatic carbocycles. The molecule has 1 aromatic carbocycles. The highest BCUT2D eigenvalue weighted by Crippen LogP contribution is 2.22. The van der Waals surface area contributed by atoms with Crippen LogP contribution < -0.4 is 5.73 Å². The summed E-state index contributed by atoms with van der Waals surface area (Å²) >= 11 is 0. The zero-order valence-electron chi connectivity index (χ0n) is 12.3. The monoisotopic (exact) mass is 291 g/mol. The Morgan fingerprint density at radius 2 is 2.33 bits per heavy atom. The van der Waals surface area contributed by atoms with Gasteiger partial charge in [-0.1, -0.05) is 30.3 Å². The first kappa shape index (κ1) is 15.3. The molecular formula is C15H21N3O3. The van der Waals surface area contributed by atoms with Gasteiger partial charge in [0, 0.05) is 25.8 Å². The minimum Gasteiger partial charge on any atom is -0.409 e. The van der Waals surface area contributed by atoms with Crippen LogP contribution in [0, 0.1) is 5.92 Å². The number of ether oxygens (including phenoxy) is 1. The van der Waals surface area contributed by atoms with Crippen LogP contribution in [0.25, 0.3) is 0 Å². The number of oxime groups is 1. The van der Waals surface area contributed by atoms with Gasteiger partial charge in [-0.3, -0.25) is 4.79 Å². The molecule has 1 aromatic rings. The van der Waals surface area contributed by atoms with Crippen LogP contribution in [0.4, 0.5) is 0 Å². The maximum Gasteiger partial charge on any atom is 0.252 e. The third kappa shape index (κ3) is 3.52. The first-order chi connectivity index (χ1) is 10.0. The number of hydrogen-bond donors (Lipinski definition) is 2. The SMILES string of the molecule is CC1CCOC1C(=O)N(C)Cc1cccc(/C(N)=N/O)c1. The maximum atomic E-state index is 12.3. The summed E-state index contributed by atoms with van der Waals surface area (Å²) in [6.07, 6.45) is 0.575. The Kier molecular flexibility index (Phi) is 4.80. The number of amides is 1. The van der Waals surface area contributed by atoms with Crippen LogP contribution in [0.3, 0.4) is 0 Å². The molecule has 1 aliphatic rings. The molecule has 1 fully saturated rings. The van der Waals surface area contributed by atoms with Crippen molar-refractivity contribution in [2.45, 2.75) is 26.0 Å². The molecule has 0 aromatic heterocycles. The predicted molar refractivity (Wildman–Crippen MR) is 78.9 cm³/mol. The van der Waals surface area contributed by atoms with Gasteiger partial charge in [-0.05, 0) is 24.0 Å². The molecule has 1 aliphatic heterocycles. The van der Waals surface area contributed by atoms with Gasteiger partial charge >= 0.3 is 0 Å². The number of amidine groups is 1. The van der Waals surface area contributed by atoms with Crippen LogP contribution in [-0.4, -0.2) is 41.6 Å². The Bertz CT molecular complexity index is 545. The lowest BCUT2D eigenvalue weighted by atomic mass is 10.0. The molecule has 21 heavy (non-hydrogen) atoms.